The predicted octanol–water partition coefficient (Wildman–Crippen LogP) is 4.73. The molecule has 0 amide bonds. The van der Waals surface area contributed by atoms with Crippen LogP contribution in [-0.4, -0.2) is 21.1 Å². The van der Waals surface area contributed by atoms with Crippen LogP contribution < -0.4 is 15.2 Å². The number of allylic oxidation sites excluding steroid dienone is 1. The van der Waals surface area contributed by atoms with Crippen LogP contribution in [0.2, 0.25) is 0 Å². The summed E-state index contributed by atoms with van der Waals surface area (Å²) < 4.78 is 11.2. The van der Waals surface area contributed by atoms with Crippen LogP contribution in [0.4, 0.5) is 5.69 Å². The highest BCUT2D eigenvalue weighted by Gasteiger charge is 2.35. The average molecular weight is 493 g/mol. The minimum absolute atomic E-state index is 0.0603. The molecule has 0 aliphatic carbocycles. The van der Waals surface area contributed by atoms with Crippen molar-refractivity contribution < 1.29 is 19.2 Å². The molecular weight excluding hydrogens is 474 g/mol. The highest BCUT2D eigenvalue weighted by atomic mass is 16.6. The van der Waals surface area contributed by atoms with E-state index in [2.05, 4.69) is 16.3 Å². The third kappa shape index (κ3) is 4.26. The maximum absolute atomic E-state index is 12.8. The molecule has 10 heteroatoms. The Morgan fingerprint density at radius 2 is 1.95 bits per heavy atom. The lowest BCUT2D eigenvalue weighted by Crippen LogP contribution is -2.21. The van der Waals surface area contributed by atoms with Crippen molar-refractivity contribution in [1.82, 2.24) is 10.2 Å². The molecule has 10 nitrogen and oxygen atoms in total. The third-order valence-electron chi connectivity index (χ3n) is 6.03. The summed E-state index contributed by atoms with van der Waals surface area (Å²) >= 11 is 0. The zero-order valence-corrected chi connectivity index (χ0v) is 19.5. The predicted molar refractivity (Wildman–Crippen MR) is 133 cm³/mol. The van der Waals surface area contributed by atoms with Crippen LogP contribution in [0.3, 0.4) is 0 Å². The van der Waals surface area contributed by atoms with Crippen molar-refractivity contribution in [2.75, 3.05) is 0 Å². The van der Waals surface area contributed by atoms with E-state index in [0.29, 0.717) is 22.4 Å². The lowest BCUT2D eigenvalue weighted by Gasteiger charge is -2.24. The minimum atomic E-state index is -0.674. The number of hydrogen-bond donors (Lipinski definition) is 2. The van der Waals surface area contributed by atoms with E-state index in [1.807, 2.05) is 30.3 Å². The number of nitrogens with zero attached hydrogens (tertiary/aromatic N) is 3. The van der Waals surface area contributed by atoms with E-state index < -0.39 is 16.8 Å². The largest absolute Gasteiger partial charge is 0.423 e. The summed E-state index contributed by atoms with van der Waals surface area (Å²) in [5, 5.41) is 28.3. The normalized spacial score (nSPS) is 14.3. The molecule has 0 bridgehead atoms. The SMILES string of the molecule is Cc1cc(C(=O)Oc2cccc(C3C(C#N)=C(N)Oc4n[nH]c(-c5ccccc5)c43)c2)ccc1[N+](=O)[O-]. The summed E-state index contributed by atoms with van der Waals surface area (Å²) in [5.41, 5.74) is 9.47. The fourth-order valence-corrected chi connectivity index (χ4v) is 4.31. The Hall–Kier alpha value is -5.43. The van der Waals surface area contributed by atoms with Crippen LogP contribution in [0.5, 0.6) is 11.6 Å². The number of benzene rings is 3. The van der Waals surface area contributed by atoms with Crippen molar-refractivity contribution in [1.29, 1.82) is 5.26 Å². The number of aryl methyl sites for hydroxylation is 1. The zero-order valence-electron chi connectivity index (χ0n) is 19.5. The second-order valence-electron chi connectivity index (χ2n) is 8.33. The first-order valence-electron chi connectivity index (χ1n) is 11.2. The van der Waals surface area contributed by atoms with E-state index in [1.54, 1.807) is 31.2 Å². The van der Waals surface area contributed by atoms with Crippen molar-refractivity contribution in [2.45, 2.75) is 12.8 Å². The maximum Gasteiger partial charge on any atom is 0.343 e. The summed E-state index contributed by atoms with van der Waals surface area (Å²) in [6.07, 6.45) is 0. The van der Waals surface area contributed by atoms with Gasteiger partial charge in [-0.2, -0.15) is 5.26 Å². The zero-order chi connectivity index (χ0) is 26.1. The Morgan fingerprint density at radius 1 is 1.16 bits per heavy atom. The molecule has 2 heterocycles. The van der Waals surface area contributed by atoms with Gasteiger partial charge in [0.2, 0.25) is 11.8 Å². The summed E-state index contributed by atoms with van der Waals surface area (Å²) in [5.74, 6) is -0.888. The highest BCUT2D eigenvalue weighted by molar-refractivity contribution is 5.91. The van der Waals surface area contributed by atoms with Gasteiger partial charge in [0.25, 0.3) is 5.69 Å². The number of nitrogens with one attached hydrogen (secondary N) is 1. The molecule has 1 aliphatic rings. The smallest absolute Gasteiger partial charge is 0.343 e. The van der Waals surface area contributed by atoms with Crippen molar-refractivity contribution in [3.8, 4) is 29.0 Å². The van der Waals surface area contributed by atoms with Crippen LogP contribution in [0.25, 0.3) is 11.3 Å². The summed E-state index contributed by atoms with van der Waals surface area (Å²) in [6, 6.07) is 22.4. The molecule has 1 atom stereocenters. The number of hydrogen-bond acceptors (Lipinski definition) is 8. The Morgan fingerprint density at radius 3 is 2.65 bits per heavy atom. The van der Waals surface area contributed by atoms with Crippen LogP contribution >= 0.6 is 0 Å². The molecule has 0 saturated heterocycles. The number of carbonyl (C=O) groups excluding carboxylic acids is 1. The maximum atomic E-state index is 12.8. The Balaban J connectivity index is 1.52. The topological polar surface area (TPSA) is 157 Å². The molecule has 37 heavy (non-hydrogen) atoms. The van der Waals surface area contributed by atoms with Crippen molar-refractivity contribution in [2.24, 2.45) is 5.73 Å². The van der Waals surface area contributed by atoms with Gasteiger partial charge < -0.3 is 15.2 Å². The van der Waals surface area contributed by atoms with Crippen molar-refractivity contribution in [3.05, 3.63) is 117 Å². The molecule has 0 saturated carbocycles. The van der Waals surface area contributed by atoms with Gasteiger partial charge in [0.05, 0.1) is 27.7 Å². The molecule has 0 spiro atoms. The fourth-order valence-electron chi connectivity index (χ4n) is 4.31. The average Bonchev–Trinajstić information content (AvgIpc) is 3.31. The van der Waals surface area contributed by atoms with Gasteiger partial charge in [0.1, 0.15) is 17.4 Å². The van der Waals surface area contributed by atoms with Crippen LogP contribution in [0.15, 0.2) is 84.3 Å². The first-order chi connectivity index (χ1) is 17.9. The van der Waals surface area contributed by atoms with Gasteiger partial charge in [0.15, 0.2) is 0 Å². The number of carbonyl (C=O) groups is 1. The number of fused-ring (bicyclic) bond motifs is 1. The van der Waals surface area contributed by atoms with E-state index in [-0.39, 0.29) is 34.3 Å². The van der Waals surface area contributed by atoms with E-state index in [4.69, 9.17) is 15.2 Å². The van der Waals surface area contributed by atoms with Gasteiger partial charge in [0, 0.05) is 11.6 Å². The standard InChI is InChI=1S/C27H19N5O5/c1-15-12-18(10-11-21(15)32(34)35)27(33)36-19-9-5-8-17(13-19)22-20(14-28)25(29)37-26-23(22)24(30-31-26)16-6-3-2-4-7-16/h2-13,22H,29H2,1H3,(H,30,31). The number of aromatic nitrogens is 2. The minimum Gasteiger partial charge on any atom is -0.423 e. The van der Waals surface area contributed by atoms with Gasteiger partial charge in [-0.25, -0.2) is 4.79 Å². The van der Waals surface area contributed by atoms with Gasteiger partial charge in [-0.3, -0.25) is 15.2 Å². The van der Waals surface area contributed by atoms with Crippen LogP contribution in [0, 0.1) is 28.4 Å². The summed E-state index contributed by atoms with van der Waals surface area (Å²) in [7, 11) is 0. The lowest BCUT2D eigenvalue weighted by molar-refractivity contribution is -0.385. The van der Waals surface area contributed by atoms with E-state index in [1.165, 1.54) is 18.2 Å². The summed E-state index contributed by atoms with van der Waals surface area (Å²) in [6.45, 7) is 1.55. The number of H-pyrrole nitrogens is 1. The highest BCUT2D eigenvalue weighted by Crippen LogP contribution is 2.46. The van der Waals surface area contributed by atoms with Gasteiger partial charge in [-0.15, -0.1) is 5.10 Å². The molecule has 1 aromatic heterocycles. The number of esters is 1. The van der Waals surface area contributed by atoms with E-state index >= 15 is 0 Å². The molecule has 0 radical (unpaired) electrons. The van der Waals surface area contributed by atoms with Gasteiger partial charge in [-0.1, -0.05) is 42.5 Å². The van der Waals surface area contributed by atoms with Crippen molar-refractivity contribution in [3.63, 3.8) is 0 Å². The van der Waals surface area contributed by atoms with Gasteiger partial charge >= 0.3 is 5.97 Å². The number of ether oxygens (including phenoxy) is 2. The Kier molecular flexibility index (Phi) is 5.87. The molecule has 4 aromatic rings. The number of nitrogens with two attached hydrogens (primary N) is 1. The fraction of sp³-hybridized carbons (Fsp3) is 0.0741. The molecule has 1 unspecified atom stereocenters. The molecule has 3 aromatic carbocycles. The van der Waals surface area contributed by atoms with Gasteiger partial charge in [-0.05, 0) is 42.3 Å². The molecule has 3 N–H and O–H groups in total. The third-order valence-corrected chi connectivity index (χ3v) is 6.03. The van der Waals surface area contributed by atoms with Crippen LogP contribution in [-0.2, 0) is 0 Å². The number of aromatic amines is 1. The number of nitro groups is 1. The molecule has 182 valence electrons. The summed E-state index contributed by atoms with van der Waals surface area (Å²) in [4.78, 5) is 23.4. The quantitative estimate of drug-likeness (QED) is 0.175. The van der Waals surface area contributed by atoms with E-state index in [9.17, 15) is 20.2 Å². The number of rotatable bonds is 5. The van der Waals surface area contributed by atoms with Crippen LogP contribution in [0.1, 0.15) is 33.0 Å². The first-order valence-corrected chi connectivity index (χ1v) is 11.2. The monoisotopic (exact) mass is 493 g/mol. The second-order valence-corrected chi connectivity index (χ2v) is 8.33. The molecular formula is C27H19N5O5. The number of nitriles is 1. The molecule has 0 fully saturated rings. The lowest BCUT2D eigenvalue weighted by atomic mass is 9.83. The molecule has 5 rings (SSSR count). The Bertz CT molecular complexity index is 1620. The first kappa shape index (κ1) is 23.3. The van der Waals surface area contributed by atoms with Crippen molar-refractivity contribution >= 4 is 11.7 Å². The number of nitro benzene ring substituents is 1. The Labute approximate surface area is 210 Å². The molecule has 1 aliphatic heterocycles. The second kappa shape index (κ2) is 9.31. The van der Waals surface area contributed by atoms with E-state index in [0.717, 1.165) is 5.56 Å².